The number of rotatable bonds is 11. The van der Waals surface area contributed by atoms with Crippen molar-refractivity contribution in [2.24, 2.45) is 4.99 Å². The second kappa shape index (κ2) is 13.9. The Morgan fingerprint density at radius 3 is 2.57 bits per heavy atom. The summed E-state index contributed by atoms with van der Waals surface area (Å²) in [6.07, 6.45) is 3.63. The van der Waals surface area contributed by atoms with E-state index >= 15 is 0 Å². The molecule has 1 aromatic rings. The van der Waals surface area contributed by atoms with Crippen molar-refractivity contribution < 1.29 is 17.9 Å². The van der Waals surface area contributed by atoms with Gasteiger partial charge in [-0.25, -0.2) is 8.42 Å². The molecule has 7 nitrogen and oxygen atoms in total. The van der Waals surface area contributed by atoms with Gasteiger partial charge < -0.3 is 20.1 Å². The second-order valence-corrected chi connectivity index (χ2v) is 8.74. The van der Waals surface area contributed by atoms with Crippen molar-refractivity contribution in [2.45, 2.75) is 39.2 Å². The quantitative estimate of drug-likeness (QED) is 0.199. The maximum absolute atomic E-state index is 11.3. The zero-order valence-electron chi connectivity index (χ0n) is 17.4. The lowest BCUT2D eigenvalue weighted by atomic mass is 10.1. The predicted octanol–water partition coefficient (Wildman–Crippen LogP) is 2.63. The molecule has 0 aliphatic heterocycles. The Balaban J connectivity index is 0.00000729. The van der Waals surface area contributed by atoms with Crippen LogP contribution in [0.2, 0.25) is 0 Å². The fourth-order valence-electron chi connectivity index (χ4n) is 2.54. The summed E-state index contributed by atoms with van der Waals surface area (Å²) in [6, 6.07) is 6.02. The number of ether oxygens (including phenoxy) is 2. The van der Waals surface area contributed by atoms with E-state index in [0.717, 1.165) is 30.9 Å². The molecule has 0 bridgehead atoms. The summed E-state index contributed by atoms with van der Waals surface area (Å²) < 4.78 is 33.4. The number of hydrogen-bond acceptors (Lipinski definition) is 5. The van der Waals surface area contributed by atoms with Crippen LogP contribution in [0.25, 0.3) is 0 Å². The normalized spacial score (nSPS) is 12.7. The topological polar surface area (TPSA) is 89.0 Å². The van der Waals surface area contributed by atoms with Gasteiger partial charge in [-0.3, -0.25) is 4.99 Å². The zero-order chi connectivity index (χ0) is 20.3. The first-order chi connectivity index (χ1) is 12.8. The van der Waals surface area contributed by atoms with E-state index in [-0.39, 0.29) is 35.8 Å². The molecular weight excluding hydrogens is 493 g/mol. The summed E-state index contributed by atoms with van der Waals surface area (Å²) >= 11 is 0. The van der Waals surface area contributed by atoms with Crippen molar-refractivity contribution in [3.05, 3.63) is 23.8 Å². The Morgan fingerprint density at radius 1 is 1.29 bits per heavy atom. The van der Waals surface area contributed by atoms with Crippen LogP contribution in [0.1, 0.15) is 32.3 Å². The predicted molar refractivity (Wildman–Crippen MR) is 126 cm³/mol. The van der Waals surface area contributed by atoms with Crippen LogP contribution in [0.3, 0.4) is 0 Å². The Kier molecular flexibility index (Phi) is 13.3. The first-order valence-electron chi connectivity index (χ1n) is 9.23. The van der Waals surface area contributed by atoms with Crippen molar-refractivity contribution in [1.29, 1.82) is 0 Å². The van der Waals surface area contributed by atoms with Gasteiger partial charge in [0.15, 0.2) is 17.5 Å². The van der Waals surface area contributed by atoms with Gasteiger partial charge >= 0.3 is 0 Å². The molecule has 1 atom stereocenters. The molecule has 2 N–H and O–H groups in total. The molecule has 1 unspecified atom stereocenters. The molecule has 0 aromatic heterocycles. The number of benzene rings is 1. The highest BCUT2D eigenvalue weighted by Gasteiger charge is 2.09. The highest BCUT2D eigenvalue weighted by molar-refractivity contribution is 14.0. The number of guanidine groups is 1. The van der Waals surface area contributed by atoms with Gasteiger partial charge in [0.2, 0.25) is 0 Å². The van der Waals surface area contributed by atoms with Gasteiger partial charge in [-0.1, -0.05) is 6.07 Å². The summed E-state index contributed by atoms with van der Waals surface area (Å²) in [5.74, 6) is 2.35. The molecule has 0 saturated carbocycles. The first kappa shape index (κ1) is 26.8. The van der Waals surface area contributed by atoms with E-state index in [1.54, 1.807) is 14.2 Å². The van der Waals surface area contributed by atoms with Crippen LogP contribution in [0, 0.1) is 0 Å². The number of aryl methyl sites for hydroxylation is 1. The van der Waals surface area contributed by atoms with E-state index in [1.807, 2.05) is 32.0 Å². The number of aliphatic imine (C=N–C) groups is 1. The highest BCUT2D eigenvalue weighted by atomic mass is 127. The third-order valence-electron chi connectivity index (χ3n) is 3.99. The number of nitrogens with zero attached hydrogens (tertiary/aromatic N) is 1. The zero-order valence-corrected chi connectivity index (χ0v) is 20.6. The number of sulfone groups is 1. The van der Waals surface area contributed by atoms with Crippen LogP contribution in [0.4, 0.5) is 0 Å². The number of methoxy groups -OCH3 is 1. The van der Waals surface area contributed by atoms with E-state index in [2.05, 4.69) is 15.6 Å². The lowest BCUT2D eigenvalue weighted by Gasteiger charge is -2.17. The number of nitrogens with one attached hydrogen (secondary N) is 2. The van der Waals surface area contributed by atoms with Crippen LogP contribution >= 0.6 is 24.0 Å². The van der Waals surface area contributed by atoms with Crippen molar-refractivity contribution in [2.75, 3.05) is 39.3 Å². The minimum atomic E-state index is -2.95. The molecule has 28 heavy (non-hydrogen) atoms. The summed E-state index contributed by atoms with van der Waals surface area (Å²) in [5.41, 5.74) is 1.19. The van der Waals surface area contributed by atoms with Crippen LogP contribution in [-0.2, 0) is 16.3 Å². The van der Waals surface area contributed by atoms with E-state index < -0.39 is 9.84 Å². The molecule has 0 aliphatic rings. The van der Waals surface area contributed by atoms with Crippen molar-refractivity contribution >= 4 is 39.8 Å². The summed E-state index contributed by atoms with van der Waals surface area (Å²) in [5, 5.41) is 6.48. The van der Waals surface area contributed by atoms with Crippen LogP contribution < -0.4 is 20.1 Å². The SMILES string of the molecule is CCOc1cc(CCCNC(=NC)NC(C)CCS(C)(=O)=O)ccc1OC.I. The van der Waals surface area contributed by atoms with Crippen LogP contribution in [0.5, 0.6) is 11.5 Å². The first-order valence-corrected chi connectivity index (χ1v) is 11.3. The standard InChI is InChI=1S/C19H33N3O4S.HI/c1-6-26-18-14-16(9-10-17(18)25-4)8-7-12-21-19(20-3)22-15(2)11-13-27(5,23)24;/h9-10,14-15H,6-8,11-13H2,1-5H3,(H2,20,21,22);1H. The number of hydrogen-bond donors (Lipinski definition) is 2. The van der Waals surface area contributed by atoms with Crippen molar-refractivity contribution in [3.8, 4) is 11.5 Å². The largest absolute Gasteiger partial charge is 0.493 e. The molecule has 0 spiro atoms. The Hall–Kier alpha value is -1.23. The molecular formula is C19H34IN3O4S. The molecule has 0 fully saturated rings. The number of halogens is 1. The lowest BCUT2D eigenvalue weighted by Crippen LogP contribution is -2.43. The van der Waals surface area contributed by atoms with E-state index in [4.69, 9.17) is 9.47 Å². The molecule has 0 saturated heterocycles. The fraction of sp³-hybridized carbons (Fsp3) is 0.632. The second-order valence-electron chi connectivity index (χ2n) is 6.48. The van der Waals surface area contributed by atoms with Gasteiger partial charge in [0.05, 0.1) is 19.5 Å². The summed E-state index contributed by atoms with van der Waals surface area (Å²) in [6.45, 7) is 5.26. The van der Waals surface area contributed by atoms with Gasteiger partial charge in [-0.15, -0.1) is 24.0 Å². The monoisotopic (exact) mass is 527 g/mol. The third kappa shape index (κ3) is 10.9. The van der Waals surface area contributed by atoms with Gasteiger partial charge in [0.25, 0.3) is 0 Å². The lowest BCUT2D eigenvalue weighted by molar-refractivity contribution is 0.310. The molecule has 0 aliphatic carbocycles. The maximum atomic E-state index is 11.3. The molecule has 0 amide bonds. The average Bonchev–Trinajstić information content (AvgIpc) is 2.62. The van der Waals surface area contributed by atoms with E-state index in [0.29, 0.717) is 19.0 Å². The molecule has 0 radical (unpaired) electrons. The molecule has 9 heteroatoms. The van der Waals surface area contributed by atoms with Crippen molar-refractivity contribution in [1.82, 2.24) is 10.6 Å². The Morgan fingerprint density at radius 2 is 2.00 bits per heavy atom. The summed E-state index contributed by atoms with van der Waals surface area (Å²) in [7, 11) is 0.395. The maximum Gasteiger partial charge on any atom is 0.191 e. The molecule has 162 valence electrons. The molecule has 1 rings (SSSR count). The average molecular weight is 527 g/mol. The molecule has 0 heterocycles. The Labute approximate surface area is 186 Å². The third-order valence-corrected chi connectivity index (χ3v) is 4.97. The van der Waals surface area contributed by atoms with Gasteiger partial charge in [0, 0.05) is 25.9 Å². The van der Waals surface area contributed by atoms with Crippen molar-refractivity contribution in [3.63, 3.8) is 0 Å². The van der Waals surface area contributed by atoms with Crippen LogP contribution in [0.15, 0.2) is 23.2 Å². The Bertz CT molecular complexity index is 711. The van der Waals surface area contributed by atoms with Gasteiger partial charge in [0.1, 0.15) is 9.84 Å². The van der Waals surface area contributed by atoms with Gasteiger partial charge in [-0.05, 0) is 50.8 Å². The fourth-order valence-corrected chi connectivity index (χ4v) is 3.32. The minimum Gasteiger partial charge on any atom is -0.493 e. The minimum absolute atomic E-state index is 0. The van der Waals surface area contributed by atoms with Crippen LogP contribution in [-0.4, -0.2) is 59.7 Å². The molecule has 1 aromatic carbocycles. The van der Waals surface area contributed by atoms with Gasteiger partial charge in [-0.2, -0.15) is 0 Å². The van der Waals surface area contributed by atoms with E-state index in [9.17, 15) is 8.42 Å². The van der Waals surface area contributed by atoms with E-state index in [1.165, 1.54) is 11.8 Å². The highest BCUT2D eigenvalue weighted by Crippen LogP contribution is 2.28. The summed E-state index contributed by atoms with van der Waals surface area (Å²) in [4.78, 5) is 4.19. The smallest absolute Gasteiger partial charge is 0.191 e.